The number of hydrogen-bond acceptors (Lipinski definition) is 3. The molecule has 0 amide bonds. The average Bonchev–Trinajstić information content (AvgIpc) is 3.04. The highest BCUT2D eigenvalue weighted by atomic mass is 16.5. The first-order chi connectivity index (χ1) is 8.85. The second-order valence-electron chi connectivity index (χ2n) is 4.98. The van der Waals surface area contributed by atoms with Gasteiger partial charge in [-0.25, -0.2) is 0 Å². The van der Waals surface area contributed by atoms with Crippen LogP contribution in [0.2, 0.25) is 0 Å². The highest BCUT2D eigenvalue weighted by Gasteiger charge is 2.20. The van der Waals surface area contributed by atoms with Crippen LogP contribution in [0.3, 0.4) is 0 Å². The lowest BCUT2D eigenvalue weighted by atomic mass is 9.99. The van der Waals surface area contributed by atoms with Crippen LogP contribution >= 0.6 is 0 Å². The van der Waals surface area contributed by atoms with E-state index in [2.05, 4.69) is 25.2 Å². The zero-order chi connectivity index (χ0) is 12.8. The molecule has 0 saturated carbocycles. The van der Waals surface area contributed by atoms with E-state index in [1.165, 1.54) is 18.4 Å². The molecule has 1 fully saturated rings. The van der Waals surface area contributed by atoms with Gasteiger partial charge in [0, 0.05) is 24.6 Å². The molecule has 1 saturated heterocycles. The molecule has 3 nitrogen and oxygen atoms in total. The predicted molar refractivity (Wildman–Crippen MR) is 72.7 cm³/mol. The van der Waals surface area contributed by atoms with E-state index >= 15 is 0 Å². The van der Waals surface area contributed by atoms with Gasteiger partial charge in [0.15, 0.2) is 0 Å². The lowest BCUT2D eigenvalue weighted by Gasteiger charge is -2.19. The summed E-state index contributed by atoms with van der Waals surface area (Å²) in [4.78, 5) is 0. The van der Waals surface area contributed by atoms with Crippen molar-refractivity contribution >= 4 is 0 Å². The Morgan fingerprint density at radius 2 is 2.33 bits per heavy atom. The van der Waals surface area contributed by atoms with Crippen molar-refractivity contribution in [3.8, 4) is 0 Å². The molecule has 3 heteroatoms. The lowest BCUT2D eigenvalue weighted by Crippen LogP contribution is -2.23. The molecule has 1 aromatic rings. The summed E-state index contributed by atoms with van der Waals surface area (Å²) in [6.07, 6.45) is 7.97. The fourth-order valence-corrected chi connectivity index (χ4v) is 2.79. The Morgan fingerprint density at radius 1 is 1.44 bits per heavy atom. The Kier molecular flexibility index (Phi) is 5.26. The Bertz CT molecular complexity index is 342. The van der Waals surface area contributed by atoms with Gasteiger partial charge in [0.05, 0.1) is 12.4 Å². The zero-order valence-electron chi connectivity index (χ0n) is 11.6. The number of hydrogen-bond donors (Lipinski definition) is 1. The van der Waals surface area contributed by atoms with Gasteiger partial charge in [0.1, 0.15) is 5.76 Å². The average molecular weight is 251 g/mol. The van der Waals surface area contributed by atoms with E-state index in [-0.39, 0.29) is 0 Å². The van der Waals surface area contributed by atoms with Gasteiger partial charge in [-0.05, 0) is 38.3 Å². The van der Waals surface area contributed by atoms with Gasteiger partial charge in [0.2, 0.25) is 0 Å². The third-order valence-corrected chi connectivity index (χ3v) is 3.73. The zero-order valence-corrected chi connectivity index (χ0v) is 11.6. The van der Waals surface area contributed by atoms with E-state index in [0.717, 1.165) is 38.2 Å². The molecule has 1 aliphatic rings. The van der Waals surface area contributed by atoms with E-state index in [4.69, 9.17) is 9.15 Å². The van der Waals surface area contributed by atoms with Crippen LogP contribution in [-0.4, -0.2) is 19.3 Å². The molecule has 2 heterocycles. The molecule has 1 N–H and O–H groups in total. The van der Waals surface area contributed by atoms with Gasteiger partial charge in [-0.3, -0.25) is 0 Å². The first-order valence-corrected chi connectivity index (χ1v) is 7.26. The Labute approximate surface area is 110 Å². The molecule has 0 radical (unpaired) electrons. The third-order valence-electron chi connectivity index (χ3n) is 3.73. The van der Waals surface area contributed by atoms with Crippen LogP contribution in [0.1, 0.15) is 56.9 Å². The topological polar surface area (TPSA) is 34.4 Å². The van der Waals surface area contributed by atoms with Gasteiger partial charge >= 0.3 is 0 Å². The highest BCUT2D eigenvalue weighted by Crippen LogP contribution is 2.27. The normalized spacial score (nSPS) is 21.3. The molecule has 0 aromatic carbocycles. The fraction of sp³-hybridized carbons (Fsp3) is 0.733. The summed E-state index contributed by atoms with van der Waals surface area (Å²) >= 11 is 0. The summed E-state index contributed by atoms with van der Waals surface area (Å²) in [6.45, 7) is 6.24. The van der Waals surface area contributed by atoms with Crippen LogP contribution < -0.4 is 5.32 Å². The first-order valence-electron chi connectivity index (χ1n) is 7.26. The lowest BCUT2D eigenvalue weighted by molar-refractivity contribution is 0.0996. The fourth-order valence-electron chi connectivity index (χ4n) is 2.79. The van der Waals surface area contributed by atoms with Gasteiger partial charge in [-0.1, -0.05) is 13.8 Å². The Hall–Kier alpha value is -0.800. The highest BCUT2D eigenvalue weighted by molar-refractivity contribution is 5.21. The molecule has 1 aliphatic heterocycles. The van der Waals surface area contributed by atoms with Gasteiger partial charge in [-0.15, -0.1) is 0 Å². The molecule has 2 rings (SSSR count). The van der Waals surface area contributed by atoms with Crippen molar-refractivity contribution in [2.24, 2.45) is 0 Å². The number of furan rings is 1. The molecule has 0 bridgehead atoms. The molecule has 2 unspecified atom stereocenters. The largest absolute Gasteiger partial charge is 0.469 e. The number of ether oxygens (including phenoxy) is 1. The molecule has 0 spiro atoms. The quantitative estimate of drug-likeness (QED) is 0.806. The summed E-state index contributed by atoms with van der Waals surface area (Å²) in [7, 11) is 0. The minimum atomic E-state index is 0.410. The predicted octanol–water partition coefficient (Wildman–Crippen LogP) is 3.45. The third kappa shape index (κ3) is 3.36. The minimum Gasteiger partial charge on any atom is -0.469 e. The van der Waals surface area contributed by atoms with Crippen LogP contribution in [0.4, 0.5) is 0 Å². The SMILES string of the molecule is CCNC(CCC1CCCO1)c1ccoc1CC. The second-order valence-corrected chi connectivity index (χ2v) is 4.98. The van der Waals surface area contributed by atoms with E-state index in [0.29, 0.717) is 12.1 Å². The van der Waals surface area contributed by atoms with Crippen molar-refractivity contribution in [3.63, 3.8) is 0 Å². The van der Waals surface area contributed by atoms with Gasteiger partial charge in [0.25, 0.3) is 0 Å². The molecule has 102 valence electrons. The van der Waals surface area contributed by atoms with Crippen LogP contribution in [0, 0.1) is 0 Å². The molecular formula is C15H25NO2. The smallest absolute Gasteiger partial charge is 0.108 e. The van der Waals surface area contributed by atoms with E-state index in [9.17, 15) is 0 Å². The standard InChI is InChI=1S/C15H25NO2/c1-3-15-13(9-11-18-15)14(16-4-2)8-7-12-6-5-10-17-12/h9,11-12,14,16H,3-8,10H2,1-2H3. The molecular weight excluding hydrogens is 226 g/mol. The van der Waals surface area contributed by atoms with Crippen LogP contribution in [0.25, 0.3) is 0 Å². The summed E-state index contributed by atoms with van der Waals surface area (Å²) < 4.78 is 11.2. The molecule has 0 aliphatic carbocycles. The van der Waals surface area contributed by atoms with E-state index in [1.807, 2.05) is 6.26 Å². The maximum atomic E-state index is 5.70. The van der Waals surface area contributed by atoms with Crippen molar-refractivity contribution in [1.82, 2.24) is 5.32 Å². The Morgan fingerprint density at radius 3 is 3.00 bits per heavy atom. The van der Waals surface area contributed by atoms with Crippen molar-refractivity contribution < 1.29 is 9.15 Å². The summed E-state index contributed by atoms with van der Waals surface area (Å²) in [5.74, 6) is 1.12. The number of nitrogens with one attached hydrogen (secondary N) is 1. The van der Waals surface area contributed by atoms with E-state index in [1.54, 1.807) is 0 Å². The molecule has 1 aromatic heterocycles. The monoisotopic (exact) mass is 251 g/mol. The second kappa shape index (κ2) is 6.95. The number of rotatable bonds is 7. The number of aryl methyl sites for hydroxylation is 1. The van der Waals surface area contributed by atoms with Gasteiger partial charge in [-0.2, -0.15) is 0 Å². The Balaban J connectivity index is 1.94. The summed E-state index contributed by atoms with van der Waals surface area (Å²) in [5.41, 5.74) is 1.33. The maximum Gasteiger partial charge on any atom is 0.108 e. The maximum absolute atomic E-state index is 5.70. The molecule has 18 heavy (non-hydrogen) atoms. The summed E-state index contributed by atoms with van der Waals surface area (Å²) in [6, 6.07) is 2.52. The summed E-state index contributed by atoms with van der Waals surface area (Å²) in [5, 5.41) is 3.57. The minimum absolute atomic E-state index is 0.410. The van der Waals surface area contributed by atoms with Crippen LogP contribution in [-0.2, 0) is 11.2 Å². The first kappa shape index (κ1) is 13.6. The van der Waals surface area contributed by atoms with Crippen molar-refractivity contribution in [1.29, 1.82) is 0 Å². The van der Waals surface area contributed by atoms with Crippen molar-refractivity contribution in [2.45, 2.75) is 58.1 Å². The van der Waals surface area contributed by atoms with Crippen molar-refractivity contribution in [3.05, 3.63) is 23.7 Å². The van der Waals surface area contributed by atoms with Crippen LogP contribution in [0.15, 0.2) is 16.7 Å². The van der Waals surface area contributed by atoms with Crippen LogP contribution in [0.5, 0.6) is 0 Å². The van der Waals surface area contributed by atoms with E-state index < -0.39 is 0 Å². The van der Waals surface area contributed by atoms with Gasteiger partial charge < -0.3 is 14.5 Å². The van der Waals surface area contributed by atoms with Crippen molar-refractivity contribution in [2.75, 3.05) is 13.2 Å². The molecule has 2 atom stereocenters.